The Balaban J connectivity index is 2.17. The third-order valence-electron chi connectivity index (χ3n) is 2.68. The molecule has 114 valence electrons. The van der Waals surface area contributed by atoms with Crippen LogP contribution >= 0.6 is 0 Å². The molecule has 0 fully saturated rings. The largest absolute Gasteiger partial charge is 0.484 e. The zero-order valence-electron chi connectivity index (χ0n) is 11.5. The zero-order chi connectivity index (χ0) is 15.9. The molecule has 0 aliphatic carbocycles. The lowest BCUT2D eigenvalue weighted by molar-refractivity contribution is -0.123. The number of fused-ring (bicyclic) bond motifs is 1. The molecule has 2 rings (SSSR count). The van der Waals surface area contributed by atoms with Gasteiger partial charge in [-0.1, -0.05) is 5.11 Å². The summed E-state index contributed by atoms with van der Waals surface area (Å²) in [6.07, 6.45) is 0. The molecule has 0 unspecified atom stereocenters. The molecule has 0 radical (unpaired) electrons. The second-order valence-corrected chi connectivity index (χ2v) is 4.24. The van der Waals surface area contributed by atoms with Crippen molar-refractivity contribution in [1.82, 2.24) is 5.32 Å². The Bertz CT molecular complexity index is 795. The Morgan fingerprint density at radius 2 is 2.27 bits per heavy atom. The summed E-state index contributed by atoms with van der Waals surface area (Å²) in [6.45, 7) is 0.546. The number of nitrogens with zero attached hydrogens (tertiary/aromatic N) is 3. The van der Waals surface area contributed by atoms with Gasteiger partial charge >= 0.3 is 5.63 Å². The lowest BCUT2D eigenvalue weighted by Gasteiger charge is -2.07. The van der Waals surface area contributed by atoms with Gasteiger partial charge in [0.25, 0.3) is 5.91 Å². The molecule has 0 aliphatic rings. The van der Waals surface area contributed by atoms with Crippen molar-refractivity contribution in [1.29, 1.82) is 0 Å². The number of ether oxygens (including phenoxy) is 1. The van der Waals surface area contributed by atoms with Crippen LogP contribution in [0.5, 0.6) is 5.75 Å². The van der Waals surface area contributed by atoms with E-state index in [1.54, 1.807) is 12.1 Å². The molecular formula is C13H13N5O4. The summed E-state index contributed by atoms with van der Waals surface area (Å²) in [5.41, 5.74) is 13.0. The predicted molar refractivity (Wildman–Crippen MR) is 78.8 cm³/mol. The predicted octanol–water partition coefficient (Wildman–Crippen LogP) is 1.19. The van der Waals surface area contributed by atoms with Gasteiger partial charge in [-0.2, -0.15) is 0 Å². The standard InChI is InChI=1S/C13H13N5O4/c14-3-4-16-12(19)7-21-9-2-1-8-5-10(17-18-15)13(20)22-11(8)6-9/h1-2,5-6H,3-4,7,14H2,(H,16,19). The molecular weight excluding hydrogens is 290 g/mol. The van der Waals surface area contributed by atoms with Gasteiger partial charge in [0.2, 0.25) is 0 Å². The first-order valence-electron chi connectivity index (χ1n) is 6.36. The molecule has 0 aliphatic heterocycles. The van der Waals surface area contributed by atoms with Crippen molar-refractivity contribution < 1.29 is 13.9 Å². The van der Waals surface area contributed by atoms with Crippen LogP contribution in [0.1, 0.15) is 0 Å². The third kappa shape index (κ3) is 3.75. The Morgan fingerprint density at radius 3 is 3.00 bits per heavy atom. The average molecular weight is 303 g/mol. The van der Waals surface area contributed by atoms with E-state index in [1.807, 2.05) is 0 Å². The first-order valence-corrected chi connectivity index (χ1v) is 6.36. The van der Waals surface area contributed by atoms with Gasteiger partial charge in [0.15, 0.2) is 6.61 Å². The first kappa shape index (κ1) is 15.4. The Hall–Kier alpha value is -3.03. The summed E-state index contributed by atoms with van der Waals surface area (Å²) < 4.78 is 10.3. The highest BCUT2D eigenvalue weighted by atomic mass is 16.5. The summed E-state index contributed by atoms with van der Waals surface area (Å²) in [5, 5.41) is 6.38. The van der Waals surface area contributed by atoms with Gasteiger partial charge in [-0.05, 0) is 23.7 Å². The van der Waals surface area contributed by atoms with Crippen molar-refractivity contribution in [3.63, 3.8) is 0 Å². The van der Waals surface area contributed by atoms with Gasteiger partial charge < -0.3 is 20.2 Å². The van der Waals surface area contributed by atoms with E-state index in [-0.39, 0.29) is 23.8 Å². The molecule has 9 heteroatoms. The lowest BCUT2D eigenvalue weighted by atomic mass is 10.2. The van der Waals surface area contributed by atoms with E-state index >= 15 is 0 Å². The highest BCUT2D eigenvalue weighted by Gasteiger charge is 2.06. The van der Waals surface area contributed by atoms with Crippen molar-refractivity contribution in [2.75, 3.05) is 19.7 Å². The van der Waals surface area contributed by atoms with Crippen LogP contribution in [0.4, 0.5) is 5.69 Å². The highest BCUT2D eigenvalue weighted by Crippen LogP contribution is 2.22. The molecule has 0 saturated heterocycles. The van der Waals surface area contributed by atoms with Crippen LogP contribution in [0.3, 0.4) is 0 Å². The number of hydrogen-bond acceptors (Lipinski definition) is 6. The Kier molecular flexibility index (Phi) is 4.97. The molecule has 1 heterocycles. The van der Waals surface area contributed by atoms with E-state index < -0.39 is 5.63 Å². The van der Waals surface area contributed by atoms with Gasteiger partial charge in [0.1, 0.15) is 17.0 Å². The van der Waals surface area contributed by atoms with Crippen molar-refractivity contribution in [2.45, 2.75) is 0 Å². The minimum Gasteiger partial charge on any atom is -0.484 e. The van der Waals surface area contributed by atoms with E-state index in [0.29, 0.717) is 24.2 Å². The second kappa shape index (κ2) is 7.11. The van der Waals surface area contributed by atoms with Gasteiger partial charge in [0.05, 0.1) is 0 Å². The lowest BCUT2D eigenvalue weighted by Crippen LogP contribution is -2.32. The van der Waals surface area contributed by atoms with E-state index in [0.717, 1.165) is 0 Å². The maximum atomic E-state index is 11.6. The van der Waals surface area contributed by atoms with Crippen molar-refractivity contribution >= 4 is 22.6 Å². The fraction of sp³-hybridized carbons (Fsp3) is 0.231. The molecule has 3 N–H and O–H groups in total. The highest BCUT2D eigenvalue weighted by molar-refractivity contribution is 5.81. The Morgan fingerprint density at radius 1 is 1.45 bits per heavy atom. The van der Waals surface area contributed by atoms with Gasteiger partial charge in [0, 0.05) is 29.5 Å². The number of azide groups is 1. The molecule has 0 atom stereocenters. The van der Waals surface area contributed by atoms with Crippen LogP contribution in [-0.4, -0.2) is 25.6 Å². The normalized spacial score (nSPS) is 10.0. The van der Waals surface area contributed by atoms with Crippen molar-refractivity contribution in [3.05, 3.63) is 45.1 Å². The fourth-order valence-corrected chi connectivity index (χ4v) is 1.70. The van der Waals surface area contributed by atoms with E-state index in [1.165, 1.54) is 12.1 Å². The monoisotopic (exact) mass is 303 g/mol. The maximum Gasteiger partial charge on any atom is 0.345 e. The van der Waals surface area contributed by atoms with E-state index in [4.69, 9.17) is 20.4 Å². The van der Waals surface area contributed by atoms with E-state index in [2.05, 4.69) is 15.3 Å². The summed E-state index contributed by atoms with van der Waals surface area (Å²) >= 11 is 0. The SMILES string of the molecule is [N-]=[N+]=Nc1cc2ccc(OCC(=O)NCCN)cc2oc1=O. The minimum absolute atomic E-state index is 0.121. The smallest absolute Gasteiger partial charge is 0.345 e. The minimum atomic E-state index is -0.747. The van der Waals surface area contributed by atoms with Crippen LogP contribution in [-0.2, 0) is 4.79 Å². The molecule has 1 aromatic heterocycles. The fourth-order valence-electron chi connectivity index (χ4n) is 1.70. The number of benzene rings is 1. The number of rotatable bonds is 6. The molecule has 0 bridgehead atoms. The van der Waals surface area contributed by atoms with Crippen LogP contribution in [0.25, 0.3) is 21.4 Å². The average Bonchev–Trinajstić information content (AvgIpc) is 2.51. The van der Waals surface area contributed by atoms with Crippen molar-refractivity contribution in [3.8, 4) is 5.75 Å². The quantitative estimate of drug-likeness (QED) is 0.356. The third-order valence-corrected chi connectivity index (χ3v) is 2.68. The molecule has 0 spiro atoms. The maximum absolute atomic E-state index is 11.6. The van der Waals surface area contributed by atoms with Gasteiger partial charge in [-0.3, -0.25) is 4.79 Å². The van der Waals surface area contributed by atoms with Crippen LogP contribution in [0.15, 0.2) is 38.6 Å². The summed E-state index contributed by atoms with van der Waals surface area (Å²) in [7, 11) is 0. The first-order chi connectivity index (χ1) is 10.6. The number of carbonyl (C=O) groups is 1. The van der Waals surface area contributed by atoms with Crippen LogP contribution in [0, 0.1) is 0 Å². The molecule has 22 heavy (non-hydrogen) atoms. The number of nitrogens with two attached hydrogens (primary N) is 1. The van der Waals surface area contributed by atoms with Crippen LogP contribution < -0.4 is 21.4 Å². The van der Waals surface area contributed by atoms with Crippen LogP contribution in [0.2, 0.25) is 0 Å². The van der Waals surface area contributed by atoms with Gasteiger partial charge in [-0.15, -0.1) is 0 Å². The number of amides is 1. The molecule has 2 aromatic rings. The van der Waals surface area contributed by atoms with Gasteiger partial charge in [-0.25, -0.2) is 4.79 Å². The van der Waals surface area contributed by atoms with Crippen molar-refractivity contribution in [2.24, 2.45) is 10.8 Å². The topological polar surface area (TPSA) is 143 Å². The molecule has 9 nitrogen and oxygen atoms in total. The number of carbonyl (C=O) groups excluding carboxylic acids is 1. The molecule has 1 aromatic carbocycles. The summed E-state index contributed by atoms with van der Waals surface area (Å²) in [4.78, 5) is 25.5. The number of hydrogen-bond donors (Lipinski definition) is 2. The molecule has 1 amide bonds. The zero-order valence-corrected chi connectivity index (χ0v) is 11.5. The molecule has 0 saturated carbocycles. The van der Waals surface area contributed by atoms with E-state index in [9.17, 15) is 9.59 Å². The second-order valence-electron chi connectivity index (χ2n) is 4.24. The number of nitrogens with one attached hydrogen (secondary N) is 1. The summed E-state index contributed by atoms with van der Waals surface area (Å²) in [6, 6.07) is 6.13. The Labute approximate surface area is 124 Å². The summed E-state index contributed by atoms with van der Waals surface area (Å²) in [5.74, 6) is 0.0702.